The quantitative estimate of drug-likeness (QED) is 0.435. The Kier molecular flexibility index (Phi) is 7.15. The minimum absolute atomic E-state index is 0.481. The second-order valence-corrected chi connectivity index (χ2v) is 10.2. The summed E-state index contributed by atoms with van der Waals surface area (Å²) in [6.07, 6.45) is 0. The fourth-order valence-corrected chi connectivity index (χ4v) is 5.07. The van der Waals surface area contributed by atoms with Crippen molar-refractivity contribution in [3.05, 3.63) is 58.7 Å². The van der Waals surface area contributed by atoms with E-state index in [0.717, 1.165) is 17.8 Å². The van der Waals surface area contributed by atoms with Crippen molar-refractivity contribution >= 4 is 16.0 Å². The van der Waals surface area contributed by atoms with E-state index in [9.17, 15) is 0 Å². The van der Waals surface area contributed by atoms with Gasteiger partial charge in [-0.3, -0.25) is 0 Å². The Labute approximate surface area is 192 Å². The summed E-state index contributed by atoms with van der Waals surface area (Å²) in [4.78, 5) is 4.96. The van der Waals surface area contributed by atoms with Crippen LogP contribution in [0.2, 0.25) is 0 Å². The Hall–Kier alpha value is -1.57. The molecule has 1 aliphatic rings. The van der Waals surface area contributed by atoms with Crippen LogP contribution in [0, 0.1) is 0 Å². The van der Waals surface area contributed by atoms with Crippen LogP contribution in [0.3, 0.4) is 0 Å². The zero-order chi connectivity index (χ0) is 22.2. The third-order valence-corrected chi connectivity index (χ3v) is 6.80. The Morgan fingerprint density at radius 3 is 1.07 bits per heavy atom. The summed E-state index contributed by atoms with van der Waals surface area (Å²) in [7, 11) is 0. The first kappa shape index (κ1) is 23.1. The number of nitrogens with zero attached hydrogens (tertiary/aromatic N) is 2. The van der Waals surface area contributed by atoms with E-state index in [2.05, 4.69) is 117 Å². The first-order chi connectivity index (χ1) is 14.1. The molecule has 0 bridgehead atoms. The molecule has 1 heterocycles. The third-order valence-electron chi connectivity index (χ3n) is 6.20. The second-order valence-electron chi connectivity index (χ2n) is 9.75. The average molecular weight is 446 g/mol. The summed E-state index contributed by atoms with van der Waals surface area (Å²) in [6, 6.07) is 13.6. The Bertz CT molecular complexity index is 785. The molecule has 30 heavy (non-hydrogen) atoms. The van der Waals surface area contributed by atoms with Crippen LogP contribution < -0.4 is 9.80 Å². The third kappa shape index (κ3) is 4.25. The topological polar surface area (TPSA) is 6.48 Å². The molecule has 0 N–H and O–H groups in total. The second kappa shape index (κ2) is 9.28. The first-order valence-electron chi connectivity index (χ1n) is 11.5. The van der Waals surface area contributed by atoms with Crippen molar-refractivity contribution in [2.45, 2.75) is 79.1 Å². The standard InChI is InChI=1S/C27H38N2.Fe/c1-18(2)22-11-9-12-23(19(3)4)26(22)28-15-16-29(17-28)27-24(20(5)6)13-10-14-25(27)21(7)8;/h9-14,18-21H,15-16H2,1-8H3;. The fourth-order valence-electron chi connectivity index (χ4n) is 4.57. The fraction of sp³-hybridized carbons (Fsp3) is 0.519. The van der Waals surface area contributed by atoms with Gasteiger partial charge in [-0.1, -0.05) is 0 Å². The maximum atomic E-state index is 4.62. The number of hydrogen-bond acceptors (Lipinski definition) is 2. The number of rotatable bonds is 6. The predicted octanol–water partition coefficient (Wildman–Crippen LogP) is 7.14. The van der Waals surface area contributed by atoms with Gasteiger partial charge in [0.15, 0.2) is 0 Å². The molecule has 0 aliphatic carbocycles. The molecule has 164 valence electrons. The first-order valence-corrected chi connectivity index (χ1v) is 12.0. The van der Waals surface area contributed by atoms with Gasteiger partial charge in [-0.05, 0) is 0 Å². The molecule has 0 radical (unpaired) electrons. The molecule has 2 nitrogen and oxygen atoms in total. The maximum absolute atomic E-state index is 4.62. The predicted molar refractivity (Wildman–Crippen MR) is 129 cm³/mol. The molecule has 1 fully saturated rings. The molecule has 3 rings (SSSR count). The summed E-state index contributed by atoms with van der Waals surface area (Å²) in [6.45, 7) is 20.3. The van der Waals surface area contributed by atoms with Crippen LogP contribution in [0.5, 0.6) is 0 Å². The van der Waals surface area contributed by atoms with E-state index < -0.39 is 0 Å². The SMILES string of the molecule is CC(C)c1cccc(C(C)C)c1N1CCN(c2c(C(C)C)cccc2C(C)C)[C]1=[Fe]. The van der Waals surface area contributed by atoms with Gasteiger partial charge in [-0.25, -0.2) is 0 Å². The van der Waals surface area contributed by atoms with Crippen LogP contribution in [0.25, 0.3) is 0 Å². The van der Waals surface area contributed by atoms with Crippen LogP contribution in [0.1, 0.15) is 101 Å². The van der Waals surface area contributed by atoms with Crippen LogP contribution >= 0.6 is 0 Å². The summed E-state index contributed by atoms with van der Waals surface area (Å²) in [5, 5.41) is 0. The molecule has 0 spiro atoms. The molecule has 1 aliphatic heterocycles. The van der Waals surface area contributed by atoms with E-state index in [0.29, 0.717) is 23.7 Å². The van der Waals surface area contributed by atoms with E-state index in [1.165, 1.54) is 33.6 Å². The van der Waals surface area contributed by atoms with Crippen molar-refractivity contribution in [1.29, 1.82) is 0 Å². The van der Waals surface area contributed by atoms with E-state index in [1.807, 2.05) is 0 Å². The van der Waals surface area contributed by atoms with Crippen molar-refractivity contribution in [3.63, 3.8) is 0 Å². The van der Waals surface area contributed by atoms with Gasteiger partial charge in [0.05, 0.1) is 0 Å². The molecule has 2 aromatic rings. The molecule has 0 atom stereocenters. The monoisotopic (exact) mass is 446 g/mol. The molecule has 0 aromatic heterocycles. The average Bonchev–Trinajstić information content (AvgIpc) is 3.07. The summed E-state index contributed by atoms with van der Waals surface area (Å²) < 4.78 is 1.11. The number of hydrogen-bond donors (Lipinski definition) is 0. The zero-order valence-electron chi connectivity index (χ0n) is 19.9. The van der Waals surface area contributed by atoms with Crippen LogP contribution in [0.4, 0.5) is 11.4 Å². The van der Waals surface area contributed by atoms with Crippen LogP contribution in [0.15, 0.2) is 36.4 Å². The Balaban J connectivity index is 2.12. The molecule has 3 heteroatoms. The minimum atomic E-state index is 0.481. The molecule has 0 saturated carbocycles. The van der Waals surface area contributed by atoms with Crippen molar-refractivity contribution in [1.82, 2.24) is 0 Å². The van der Waals surface area contributed by atoms with Gasteiger partial charge in [0.2, 0.25) is 0 Å². The van der Waals surface area contributed by atoms with Crippen molar-refractivity contribution in [2.75, 3.05) is 22.9 Å². The normalized spacial score (nSPS) is 14.9. The Morgan fingerprint density at radius 1 is 0.567 bits per heavy atom. The molecule has 0 amide bonds. The molecule has 0 unspecified atom stereocenters. The van der Waals surface area contributed by atoms with E-state index >= 15 is 0 Å². The van der Waals surface area contributed by atoms with Gasteiger partial charge in [-0.15, -0.1) is 0 Å². The van der Waals surface area contributed by atoms with E-state index in [-0.39, 0.29) is 0 Å². The number of para-hydroxylation sites is 2. The molecule has 1 saturated heterocycles. The summed E-state index contributed by atoms with van der Waals surface area (Å²) in [5.41, 5.74) is 8.44. The zero-order valence-corrected chi connectivity index (χ0v) is 21.0. The summed E-state index contributed by atoms with van der Waals surface area (Å²) in [5.74, 6) is 1.92. The van der Waals surface area contributed by atoms with Gasteiger partial charge >= 0.3 is 192 Å². The van der Waals surface area contributed by atoms with E-state index in [4.69, 9.17) is 0 Å². The molecular formula is C27H38FeN2. The van der Waals surface area contributed by atoms with Gasteiger partial charge < -0.3 is 0 Å². The Morgan fingerprint density at radius 2 is 0.833 bits per heavy atom. The van der Waals surface area contributed by atoms with Gasteiger partial charge in [0, 0.05) is 0 Å². The van der Waals surface area contributed by atoms with Gasteiger partial charge in [-0.2, -0.15) is 0 Å². The van der Waals surface area contributed by atoms with Crippen molar-refractivity contribution < 1.29 is 15.6 Å². The van der Waals surface area contributed by atoms with E-state index in [1.54, 1.807) is 0 Å². The molecular weight excluding hydrogens is 408 g/mol. The van der Waals surface area contributed by atoms with Gasteiger partial charge in [0.1, 0.15) is 0 Å². The van der Waals surface area contributed by atoms with Crippen molar-refractivity contribution in [2.24, 2.45) is 0 Å². The number of anilines is 2. The summed E-state index contributed by atoms with van der Waals surface area (Å²) >= 11 is 4.62. The van der Waals surface area contributed by atoms with Gasteiger partial charge in [0.25, 0.3) is 0 Å². The van der Waals surface area contributed by atoms with Crippen molar-refractivity contribution in [3.8, 4) is 0 Å². The number of benzene rings is 2. The van der Waals surface area contributed by atoms with Crippen LogP contribution in [-0.4, -0.2) is 17.8 Å². The van der Waals surface area contributed by atoms with Crippen LogP contribution in [-0.2, 0) is 15.6 Å². The molecule has 2 aromatic carbocycles.